The van der Waals surface area contributed by atoms with Gasteiger partial charge in [-0.15, -0.1) is 0 Å². The van der Waals surface area contributed by atoms with Crippen molar-refractivity contribution in [3.63, 3.8) is 0 Å². The smallest absolute Gasteiger partial charge is 0.224 e. The van der Waals surface area contributed by atoms with Crippen LogP contribution in [0.1, 0.15) is 5.76 Å². The molecule has 0 atom stereocenters. The number of nitrogens with one attached hydrogen (secondary N) is 1. The molecule has 1 N–H and O–H groups in total. The van der Waals surface area contributed by atoms with E-state index in [9.17, 15) is 0 Å². The third-order valence-electron chi connectivity index (χ3n) is 1.65. The predicted octanol–water partition coefficient (Wildman–Crippen LogP) is 2.34. The van der Waals surface area contributed by atoms with E-state index in [1.165, 1.54) is 0 Å². The maximum absolute atomic E-state index is 5.62. The molecule has 2 aromatic heterocycles. The van der Waals surface area contributed by atoms with E-state index in [2.05, 4.69) is 15.3 Å². The Morgan fingerprint density at radius 2 is 2.36 bits per heavy atom. The Morgan fingerprint density at radius 1 is 1.43 bits per heavy atom. The number of aromatic nitrogens is 2. The molecule has 2 rings (SSSR count). The van der Waals surface area contributed by atoms with Gasteiger partial charge >= 0.3 is 0 Å². The van der Waals surface area contributed by atoms with Crippen LogP contribution >= 0.6 is 11.6 Å². The summed E-state index contributed by atoms with van der Waals surface area (Å²) in [4.78, 5) is 7.75. The van der Waals surface area contributed by atoms with Crippen LogP contribution in [0.4, 0.5) is 5.82 Å². The van der Waals surface area contributed by atoms with Crippen molar-refractivity contribution in [2.24, 2.45) is 0 Å². The SMILES string of the molecule is Clc1nccc(NCc2ccco2)n1. The molecule has 0 aromatic carbocycles. The molecular weight excluding hydrogens is 202 g/mol. The van der Waals surface area contributed by atoms with Gasteiger partial charge in [0.05, 0.1) is 12.8 Å². The van der Waals surface area contributed by atoms with Crippen molar-refractivity contribution in [1.82, 2.24) is 9.97 Å². The number of rotatable bonds is 3. The summed E-state index contributed by atoms with van der Waals surface area (Å²) in [6.45, 7) is 0.584. The molecule has 72 valence electrons. The lowest BCUT2D eigenvalue weighted by Gasteiger charge is -2.02. The molecule has 0 radical (unpaired) electrons. The molecule has 0 aliphatic rings. The number of halogens is 1. The first-order chi connectivity index (χ1) is 6.84. The highest BCUT2D eigenvalue weighted by Gasteiger charge is 1.97. The summed E-state index contributed by atoms with van der Waals surface area (Å²) < 4.78 is 5.15. The highest BCUT2D eigenvalue weighted by molar-refractivity contribution is 6.28. The molecular formula is C9H8ClN3O. The average molecular weight is 210 g/mol. The van der Waals surface area contributed by atoms with Gasteiger partial charge in [-0.1, -0.05) is 0 Å². The van der Waals surface area contributed by atoms with Crippen LogP contribution in [-0.4, -0.2) is 9.97 Å². The van der Waals surface area contributed by atoms with Crippen molar-refractivity contribution in [1.29, 1.82) is 0 Å². The third-order valence-corrected chi connectivity index (χ3v) is 1.83. The van der Waals surface area contributed by atoms with Gasteiger partial charge in [0.15, 0.2) is 0 Å². The fourth-order valence-electron chi connectivity index (χ4n) is 1.02. The van der Waals surface area contributed by atoms with Crippen LogP contribution in [0.5, 0.6) is 0 Å². The van der Waals surface area contributed by atoms with Crippen LogP contribution in [0, 0.1) is 0 Å². The van der Waals surface area contributed by atoms with Gasteiger partial charge < -0.3 is 9.73 Å². The van der Waals surface area contributed by atoms with E-state index in [-0.39, 0.29) is 5.28 Å². The zero-order valence-corrected chi connectivity index (χ0v) is 8.03. The van der Waals surface area contributed by atoms with Crippen LogP contribution in [0.2, 0.25) is 5.28 Å². The van der Waals surface area contributed by atoms with Gasteiger partial charge in [-0.05, 0) is 29.8 Å². The highest BCUT2D eigenvalue weighted by atomic mass is 35.5. The molecule has 0 unspecified atom stereocenters. The van der Waals surface area contributed by atoms with E-state index in [4.69, 9.17) is 16.0 Å². The molecule has 0 saturated carbocycles. The van der Waals surface area contributed by atoms with Crippen molar-refractivity contribution in [2.45, 2.75) is 6.54 Å². The maximum Gasteiger partial charge on any atom is 0.224 e. The Bertz CT molecular complexity index is 402. The normalized spacial score (nSPS) is 10.1. The molecule has 5 heteroatoms. The van der Waals surface area contributed by atoms with E-state index in [1.54, 1.807) is 18.5 Å². The number of nitrogens with zero attached hydrogens (tertiary/aromatic N) is 2. The third kappa shape index (κ3) is 2.23. The first kappa shape index (κ1) is 9.02. The van der Waals surface area contributed by atoms with Gasteiger partial charge in [-0.3, -0.25) is 0 Å². The molecule has 0 fully saturated rings. The van der Waals surface area contributed by atoms with Crippen LogP contribution < -0.4 is 5.32 Å². The molecule has 0 aliphatic heterocycles. The minimum atomic E-state index is 0.231. The zero-order chi connectivity index (χ0) is 9.80. The Balaban J connectivity index is 1.98. The van der Waals surface area contributed by atoms with Crippen molar-refractivity contribution in [2.75, 3.05) is 5.32 Å². The molecule has 0 spiro atoms. The van der Waals surface area contributed by atoms with E-state index in [0.717, 1.165) is 5.76 Å². The van der Waals surface area contributed by atoms with Gasteiger partial charge in [0.2, 0.25) is 5.28 Å². The van der Waals surface area contributed by atoms with Crippen LogP contribution in [0.3, 0.4) is 0 Å². The lowest BCUT2D eigenvalue weighted by atomic mass is 10.4. The van der Waals surface area contributed by atoms with Gasteiger partial charge in [0.1, 0.15) is 11.6 Å². The van der Waals surface area contributed by atoms with Gasteiger partial charge in [0, 0.05) is 6.20 Å². The van der Waals surface area contributed by atoms with Crippen LogP contribution in [0.25, 0.3) is 0 Å². The highest BCUT2D eigenvalue weighted by Crippen LogP contribution is 2.08. The summed E-state index contributed by atoms with van der Waals surface area (Å²) in [6, 6.07) is 5.47. The lowest BCUT2D eigenvalue weighted by molar-refractivity contribution is 0.518. The van der Waals surface area contributed by atoms with Crippen molar-refractivity contribution in [3.05, 3.63) is 41.7 Å². The topological polar surface area (TPSA) is 51.0 Å². The number of hydrogen-bond donors (Lipinski definition) is 1. The molecule has 2 heterocycles. The largest absolute Gasteiger partial charge is 0.467 e. The van der Waals surface area contributed by atoms with E-state index in [0.29, 0.717) is 12.4 Å². The van der Waals surface area contributed by atoms with Gasteiger partial charge in [0.25, 0.3) is 0 Å². The summed E-state index contributed by atoms with van der Waals surface area (Å²) in [5.74, 6) is 1.53. The molecule has 0 amide bonds. The fourth-order valence-corrected chi connectivity index (χ4v) is 1.17. The van der Waals surface area contributed by atoms with Crippen molar-refractivity contribution < 1.29 is 4.42 Å². The monoisotopic (exact) mass is 209 g/mol. The minimum Gasteiger partial charge on any atom is -0.467 e. The Morgan fingerprint density at radius 3 is 3.07 bits per heavy atom. The summed E-state index contributed by atoms with van der Waals surface area (Å²) in [7, 11) is 0. The van der Waals surface area contributed by atoms with Crippen molar-refractivity contribution in [3.8, 4) is 0 Å². The molecule has 2 aromatic rings. The van der Waals surface area contributed by atoms with Crippen molar-refractivity contribution >= 4 is 17.4 Å². The molecule has 0 aliphatic carbocycles. The number of furan rings is 1. The molecule has 14 heavy (non-hydrogen) atoms. The molecule has 4 nitrogen and oxygen atoms in total. The maximum atomic E-state index is 5.62. The second kappa shape index (κ2) is 4.11. The number of hydrogen-bond acceptors (Lipinski definition) is 4. The summed E-state index contributed by atoms with van der Waals surface area (Å²) in [5.41, 5.74) is 0. The zero-order valence-electron chi connectivity index (χ0n) is 7.27. The molecule has 0 bridgehead atoms. The Labute approximate surface area is 85.9 Å². The average Bonchev–Trinajstić information content (AvgIpc) is 2.67. The minimum absolute atomic E-state index is 0.231. The van der Waals surface area contributed by atoms with Crippen LogP contribution in [0.15, 0.2) is 35.1 Å². The summed E-state index contributed by atoms with van der Waals surface area (Å²) >= 11 is 5.62. The van der Waals surface area contributed by atoms with E-state index in [1.807, 2.05) is 12.1 Å². The van der Waals surface area contributed by atoms with Crippen LogP contribution in [-0.2, 0) is 6.54 Å². The summed E-state index contributed by atoms with van der Waals surface area (Å²) in [6.07, 6.45) is 3.23. The second-order valence-electron chi connectivity index (χ2n) is 2.64. The molecule has 0 saturated heterocycles. The Hall–Kier alpha value is -1.55. The first-order valence-corrected chi connectivity index (χ1v) is 4.47. The van der Waals surface area contributed by atoms with E-state index >= 15 is 0 Å². The predicted molar refractivity (Wildman–Crippen MR) is 53.1 cm³/mol. The first-order valence-electron chi connectivity index (χ1n) is 4.09. The number of anilines is 1. The van der Waals surface area contributed by atoms with E-state index < -0.39 is 0 Å². The Kier molecular flexibility index (Phi) is 2.65. The fraction of sp³-hybridized carbons (Fsp3) is 0.111. The van der Waals surface area contributed by atoms with Gasteiger partial charge in [-0.25, -0.2) is 9.97 Å². The summed E-state index contributed by atoms with van der Waals surface area (Å²) in [5, 5.41) is 3.29. The lowest BCUT2D eigenvalue weighted by Crippen LogP contribution is -2.00. The standard InChI is InChI=1S/C9H8ClN3O/c10-9-11-4-3-8(13-9)12-6-7-2-1-5-14-7/h1-5H,6H2,(H,11,12,13). The second-order valence-corrected chi connectivity index (χ2v) is 2.98. The van der Waals surface area contributed by atoms with Gasteiger partial charge in [-0.2, -0.15) is 0 Å². The quantitative estimate of drug-likeness (QED) is 0.789.